The minimum Gasteiger partial charge on any atom is -0.478 e. The van der Waals surface area contributed by atoms with Gasteiger partial charge in [-0.15, -0.1) is 11.3 Å². The summed E-state index contributed by atoms with van der Waals surface area (Å²) in [5.74, 6) is 0.786. The zero-order valence-electron chi connectivity index (χ0n) is 13.9. The van der Waals surface area contributed by atoms with Crippen LogP contribution in [0.5, 0.6) is 5.88 Å². The number of carbonyl (C=O) groups excluding carboxylic acids is 1. The normalized spacial score (nSPS) is 17.8. The molecule has 3 heterocycles. The Morgan fingerprint density at radius 3 is 3.08 bits per heavy atom. The molecule has 6 heteroatoms. The van der Waals surface area contributed by atoms with Gasteiger partial charge in [-0.2, -0.15) is 0 Å². The smallest absolute Gasteiger partial charge is 0.225 e. The molecule has 1 aliphatic heterocycles. The SMILES string of the molecule is CCOc1ccc(CN2CC[C@H](NC(=O)Cc3cccs3)C2)cn1. The van der Waals surface area contributed by atoms with Crippen molar-refractivity contribution in [2.24, 2.45) is 0 Å². The first-order chi connectivity index (χ1) is 11.7. The van der Waals surface area contributed by atoms with Gasteiger partial charge in [0.15, 0.2) is 0 Å². The lowest BCUT2D eigenvalue weighted by Crippen LogP contribution is -2.37. The van der Waals surface area contributed by atoms with E-state index in [0.29, 0.717) is 18.9 Å². The van der Waals surface area contributed by atoms with Crippen LogP contribution in [0.25, 0.3) is 0 Å². The molecule has 128 valence electrons. The van der Waals surface area contributed by atoms with Crippen LogP contribution in [-0.4, -0.2) is 41.5 Å². The van der Waals surface area contributed by atoms with E-state index in [0.717, 1.165) is 30.9 Å². The van der Waals surface area contributed by atoms with Crippen molar-refractivity contribution in [3.63, 3.8) is 0 Å². The predicted molar refractivity (Wildman–Crippen MR) is 95.3 cm³/mol. The Balaban J connectivity index is 1.44. The molecule has 3 rings (SSSR count). The van der Waals surface area contributed by atoms with Crippen molar-refractivity contribution in [2.75, 3.05) is 19.7 Å². The molecule has 1 fully saturated rings. The van der Waals surface area contributed by atoms with E-state index in [1.165, 1.54) is 5.56 Å². The van der Waals surface area contributed by atoms with Crippen LogP contribution in [0, 0.1) is 0 Å². The monoisotopic (exact) mass is 345 g/mol. The number of carbonyl (C=O) groups is 1. The number of hydrogen-bond acceptors (Lipinski definition) is 5. The maximum atomic E-state index is 12.1. The number of nitrogens with one attached hydrogen (secondary N) is 1. The van der Waals surface area contributed by atoms with Crippen LogP contribution in [0.1, 0.15) is 23.8 Å². The minimum absolute atomic E-state index is 0.118. The summed E-state index contributed by atoms with van der Waals surface area (Å²) in [6.45, 7) is 5.33. The van der Waals surface area contributed by atoms with Crippen LogP contribution < -0.4 is 10.1 Å². The molecule has 1 atom stereocenters. The van der Waals surface area contributed by atoms with Gasteiger partial charge in [-0.05, 0) is 30.4 Å². The topological polar surface area (TPSA) is 54.5 Å². The second-order valence-corrected chi connectivity index (χ2v) is 7.01. The number of nitrogens with zero attached hydrogens (tertiary/aromatic N) is 2. The van der Waals surface area contributed by atoms with Crippen LogP contribution in [0.15, 0.2) is 35.8 Å². The number of likely N-dealkylation sites (tertiary alicyclic amines) is 1. The molecular formula is C18H23N3O2S. The van der Waals surface area contributed by atoms with Crippen LogP contribution in [-0.2, 0) is 17.8 Å². The van der Waals surface area contributed by atoms with Gasteiger partial charge in [0.1, 0.15) is 0 Å². The molecule has 1 N–H and O–H groups in total. The number of thiophene rings is 1. The van der Waals surface area contributed by atoms with E-state index >= 15 is 0 Å². The average Bonchev–Trinajstić information content (AvgIpc) is 3.22. The summed E-state index contributed by atoms with van der Waals surface area (Å²) in [4.78, 5) is 19.9. The van der Waals surface area contributed by atoms with Crippen LogP contribution in [0.3, 0.4) is 0 Å². The first-order valence-electron chi connectivity index (χ1n) is 8.34. The second-order valence-electron chi connectivity index (χ2n) is 5.98. The fourth-order valence-corrected chi connectivity index (χ4v) is 3.64. The lowest BCUT2D eigenvalue weighted by Gasteiger charge is -2.16. The molecule has 5 nitrogen and oxygen atoms in total. The highest BCUT2D eigenvalue weighted by atomic mass is 32.1. The molecule has 24 heavy (non-hydrogen) atoms. The van der Waals surface area contributed by atoms with Gasteiger partial charge in [0.05, 0.1) is 13.0 Å². The highest BCUT2D eigenvalue weighted by Crippen LogP contribution is 2.15. The van der Waals surface area contributed by atoms with Gasteiger partial charge < -0.3 is 10.1 Å². The molecule has 0 saturated carbocycles. The first-order valence-corrected chi connectivity index (χ1v) is 9.22. The number of rotatable bonds is 7. The quantitative estimate of drug-likeness (QED) is 0.838. The standard InChI is InChI=1S/C18H23N3O2S/c1-2-23-18-6-5-14(11-19-18)12-21-8-7-15(13-21)20-17(22)10-16-4-3-9-24-16/h3-6,9,11,15H,2,7-8,10,12-13H2,1H3,(H,20,22)/t15-/m0/s1. The molecule has 0 spiro atoms. The Kier molecular flexibility index (Phi) is 5.82. The number of aromatic nitrogens is 1. The summed E-state index contributed by atoms with van der Waals surface area (Å²) in [6.07, 6.45) is 3.35. The van der Waals surface area contributed by atoms with Gasteiger partial charge in [-0.1, -0.05) is 12.1 Å². The number of pyridine rings is 1. The van der Waals surface area contributed by atoms with Crippen LogP contribution in [0.4, 0.5) is 0 Å². The van der Waals surface area contributed by atoms with E-state index in [1.807, 2.05) is 36.7 Å². The largest absolute Gasteiger partial charge is 0.478 e. The van der Waals surface area contributed by atoms with Crippen LogP contribution in [0.2, 0.25) is 0 Å². The fraction of sp³-hybridized carbons (Fsp3) is 0.444. The molecule has 0 aliphatic carbocycles. The number of ether oxygens (including phenoxy) is 1. The van der Waals surface area contributed by atoms with Gasteiger partial charge in [0, 0.05) is 42.8 Å². The van der Waals surface area contributed by atoms with Gasteiger partial charge in [0.2, 0.25) is 11.8 Å². The minimum atomic E-state index is 0.118. The van der Waals surface area contributed by atoms with E-state index in [1.54, 1.807) is 11.3 Å². The van der Waals surface area contributed by atoms with Crippen molar-refractivity contribution < 1.29 is 9.53 Å². The molecule has 2 aromatic rings. The average molecular weight is 345 g/mol. The fourth-order valence-electron chi connectivity index (χ4n) is 2.94. The maximum absolute atomic E-state index is 12.1. The highest BCUT2D eigenvalue weighted by molar-refractivity contribution is 7.10. The molecule has 1 aliphatic rings. The summed E-state index contributed by atoms with van der Waals surface area (Å²) < 4.78 is 5.36. The third-order valence-electron chi connectivity index (χ3n) is 4.05. The first kappa shape index (κ1) is 16.9. The predicted octanol–water partition coefficient (Wildman–Crippen LogP) is 2.48. The van der Waals surface area contributed by atoms with E-state index in [4.69, 9.17) is 4.74 Å². The van der Waals surface area contributed by atoms with Crippen molar-refractivity contribution in [1.82, 2.24) is 15.2 Å². The lowest BCUT2D eigenvalue weighted by molar-refractivity contribution is -0.121. The van der Waals surface area contributed by atoms with Gasteiger partial charge in [-0.3, -0.25) is 9.69 Å². The van der Waals surface area contributed by atoms with Gasteiger partial charge in [-0.25, -0.2) is 4.98 Å². The van der Waals surface area contributed by atoms with Crippen molar-refractivity contribution in [3.8, 4) is 5.88 Å². The third-order valence-corrected chi connectivity index (χ3v) is 4.92. The summed E-state index contributed by atoms with van der Waals surface area (Å²) >= 11 is 1.63. The molecule has 0 bridgehead atoms. The van der Waals surface area contributed by atoms with Crippen LogP contribution >= 0.6 is 11.3 Å². The van der Waals surface area contributed by atoms with E-state index in [9.17, 15) is 4.79 Å². The summed E-state index contributed by atoms with van der Waals surface area (Å²) in [5, 5.41) is 5.15. The summed E-state index contributed by atoms with van der Waals surface area (Å²) in [5.41, 5.74) is 1.17. The Bertz CT molecular complexity index is 643. The molecular weight excluding hydrogens is 322 g/mol. The van der Waals surface area contributed by atoms with Crippen molar-refractivity contribution in [2.45, 2.75) is 32.4 Å². The molecule has 0 unspecified atom stereocenters. The van der Waals surface area contributed by atoms with E-state index in [-0.39, 0.29) is 11.9 Å². The zero-order valence-corrected chi connectivity index (χ0v) is 14.7. The van der Waals surface area contributed by atoms with E-state index < -0.39 is 0 Å². The Morgan fingerprint density at radius 1 is 1.46 bits per heavy atom. The summed E-state index contributed by atoms with van der Waals surface area (Å²) in [6, 6.07) is 8.20. The second kappa shape index (κ2) is 8.26. The zero-order chi connectivity index (χ0) is 16.8. The number of amides is 1. The molecule has 1 saturated heterocycles. The summed E-state index contributed by atoms with van der Waals surface area (Å²) in [7, 11) is 0. The Hall–Kier alpha value is -1.92. The third kappa shape index (κ3) is 4.79. The lowest BCUT2D eigenvalue weighted by atomic mass is 10.2. The van der Waals surface area contributed by atoms with Crippen molar-refractivity contribution in [1.29, 1.82) is 0 Å². The van der Waals surface area contributed by atoms with E-state index in [2.05, 4.69) is 21.3 Å². The van der Waals surface area contributed by atoms with Gasteiger partial charge in [0.25, 0.3) is 0 Å². The van der Waals surface area contributed by atoms with Gasteiger partial charge >= 0.3 is 0 Å². The molecule has 0 aromatic carbocycles. The van der Waals surface area contributed by atoms with Crippen molar-refractivity contribution >= 4 is 17.2 Å². The molecule has 0 radical (unpaired) electrons. The maximum Gasteiger partial charge on any atom is 0.225 e. The van der Waals surface area contributed by atoms with Crippen molar-refractivity contribution in [3.05, 3.63) is 46.3 Å². The molecule has 2 aromatic heterocycles. The number of hydrogen-bond donors (Lipinski definition) is 1. The Morgan fingerprint density at radius 2 is 2.38 bits per heavy atom. The molecule has 1 amide bonds. The highest BCUT2D eigenvalue weighted by Gasteiger charge is 2.24. The Labute approximate surface area is 146 Å².